The predicted molar refractivity (Wildman–Crippen MR) is 68.7 cm³/mol. The molecule has 1 fully saturated rings. The van der Waals surface area contributed by atoms with Crippen molar-refractivity contribution < 1.29 is 13.2 Å². The molecule has 0 aromatic carbocycles. The minimum absolute atomic E-state index is 0.182. The molecular weight excluding hydrogens is 262 g/mol. The molecule has 1 rings (SSSR count). The molecule has 1 aliphatic rings. The van der Waals surface area contributed by atoms with E-state index < -0.39 is 10.0 Å². The molecule has 0 saturated carbocycles. The van der Waals surface area contributed by atoms with Gasteiger partial charge in [-0.3, -0.25) is 4.79 Å². The molecule has 4 nitrogen and oxygen atoms in total. The molecule has 0 aromatic heterocycles. The number of carbonyl (C=O) groups excluding carboxylic acids is 1. The van der Waals surface area contributed by atoms with Crippen molar-refractivity contribution in [3.63, 3.8) is 0 Å². The normalized spacial score (nSPS) is 22.6. The minimum Gasteiger partial charge on any atom is -0.300 e. The van der Waals surface area contributed by atoms with E-state index in [9.17, 15) is 13.2 Å². The fourth-order valence-corrected chi connectivity index (χ4v) is 3.26. The third-order valence-corrected chi connectivity index (χ3v) is 4.59. The van der Waals surface area contributed by atoms with E-state index in [2.05, 4.69) is 0 Å². The first-order valence-electron chi connectivity index (χ1n) is 5.96. The van der Waals surface area contributed by atoms with Crippen molar-refractivity contribution in [1.82, 2.24) is 4.31 Å². The second kappa shape index (κ2) is 6.71. The van der Waals surface area contributed by atoms with E-state index in [4.69, 9.17) is 11.6 Å². The van der Waals surface area contributed by atoms with Crippen LogP contribution in [0.1, 0.15) is 32.1 Å². The van der Waals surface area contributed by atoms with Gasteiger partial charge in [0.25, 0.3) is 0 Å². The Balaban J connectivity index is 2.42. The standard InChI is InChI=1S/C11H20ClNO3S/c1-17(15,16)13-7-3-4-10(9-13)8-11(14)5-2-6-12/h10H,2-9H2,1H3. The molecule has 0 aliphatic carbocycles. The van der Waals surface area contributed by atoms with E-state index in [1.54, 1.807) is 0 Å². The Hall–Kier alpha value is -0.130. The topological polar surface area (TPSA) is 54.5 Å². The molecule has 17 heavy (non-hydrogen) atoms. The highest BCUT2D eigenvalue weighted by Crippen LogP contribution is 2.22. The lowest BCUT2D eigenvalue weighted by Gasteiger charge is -2.30. The SMILES string of the molecule is CS(=O)(=O)N1CCCC(CC(=O)CCCCl)C1. The van der Waals surface area contributed by atoms with Crippen LogP contribution in [0.25, 0.3) is 0 Å². The Labute approximate surface area is 108 Å². The summed E-state index contributed by atoms with van der Waals surface area (Å²) in [4.78, 5) is 11.6. The van der Waals surface area contributed by atoms with Crippen molar-refractivity contribution in [1.29, 1.82) is 0 Å². The molecule has 0 amide bonds. The highest BCUT2D eigenvalue weighted by molar-refractivity contribution is 7.88. The summed E-state index contributed by atoms with van der Waals surface area (Å²) in [5.41, 5.74) is 0. The molecule has 1 unspecified atom stereocenters. The van der Waals surface area contributed by atoms with E-state index >= 15 is 0 Å². The minimum atomic E-state index is -3.11. The summed E-state index contributed by atoms with van der Waals surface area (Å²) in [6.07, 6.45) is 4.73. The largest absolute Gasteiger partial charge is 0.300 e. The number of hydrogen-bond donors (Lipinski definition) is 0. The number of piperidine rings is 1. The van der Waals surface area contributed by atoms with Crippen LogP contribution in [0, 0.1) is 5.92 Å². The maximum Gasteiger partial charge on any atom is 0.211 e. The number of hydrogen-bond acceptors (Lipinski definition) is 3. The first-order chi connectivity index (χ1) is 7.93. The van der Waals surface area contributed by atoms with E-state index in [1.165, 1.54) is 10.6 Å². The number of alkyl halides is 1. The van der Waals surface area contributed by atoms with Crippen LogP contribution in [-0.2, 0) is 14.8 Å². The molecule has 1 atom stereocenters. The molecule has 0 spiro atoms. The zero-order chi connectivity index (χ0) is 12.9. The van der Waals surface area contributed by atoms with E-state index in [1.807, 2.05) is 0 Å². The average molecular weight is 282 g/mol. The summed E-state index contributed by atoms with van der Waals surface area (Å²) in [5.74, 6) is 0.888. The molecule has 0 bridgehead atoms. The van der Waals surface area contributed by atoms with Crippen LogP contribution in [0.5, 0.6) is 0 Å². The summed E-state index contributed by atoms with van der Waals surface area (Å²) in [7, 11) is -3.11. The number of halogens is 1. The molecule has 0 aromatic rings. The van der Waals surface area contributed by atoms with Gasteiger partial charge in [-0.15, -0.1) is 11.6 Å². The number of nitrogens with zero attached hydrogens (tertiary/aromatic N) is 1. The summed E-state index contributed by atoms with van der Waals surface area (Å²) in [6, 6.07) is 0. The van der Waals surface area contributed by atoms with Gasteiger partial charge in [0, 0.05) is 31.8 Å². The Kier molecular flexibility index (Phi) is 5.89. The number of Topliss-reactive ketones (excluding diaryl/α,β-unsaturated/α-hetero) is 1. The number of ketones is 1. The van der Waals surface area contributed by atoms with Crippen molar-refractivity contribution in [3.05, 3.63) is 0 Å². The van der Waals surface area contributed by atoms with Crippen LogP contribution in [0.2, 0.25) is 0 Å². The number of rotatable bonds is 6. The van der Waals surface area contributed by atoms with Gasteiger partial charge in [0.2, 0.25) is 10.0 Å². The quantitative estimate of drug-likeness (QED) is 0.696. The van der Waals surface area contributed by atoms with Gasteiger partial charge >= 0.3 is 0 Å². The van der Waals surface area contributed by atoms with Gasteiger partial charge < -0.3 is 0 Å². The molecule has 1 aliphatic heterocycles. The van der Waals surface area contributed by atoms with Crippen LogP contribution < -0.4 is 0 Å². The Bertz CT molecular complexity index is 356. The fourth-order valence-electron chi connectivity index (χ4n) is 2.18. The predicted octanol–water partition coefficient (Wildman–Crippen LogP) is 1.64. The Morgan fingerprint density at radius 3 is 2.76 bits per heavy atom. The summed E-state index contributed by atoms with van der Waals surface area (Å²) >= 11 is 5.53. The monoisotopic (exact) mass is 281 g/mol. The van der Waals surface area contributed by atoms with Crippen LogP contribution in [-0.4, -0.2) is 43.7 Å². The highest BCUT2D eigenvalue weighted by Gasteiger charge is 2.26. The zero-order valence-corrected chi connectivity index (χ0v) is 11.8. The lowest BCUT2D eigenvalue weighted by molar-refractivity contribution is -0.120. The third kappa shape index (κ3) is 5.36. The van der Waals surface area contributed by atoms with Gasteiger partial charge in [0.05, 0.1) is 6.26 Å². The first-order valence-corrected chi connectivity index (χ1v) is 8.34. The first kappa shape index (κ1) is 14.9. The van der Waals surface area contributed by atoms with Crippen LogP contribution in [0.15, 0.2) is 0 Å². The van der Waals surface area contributed by atoms with Crippen molar-refractivity contribution in [2.45, 2.75) is 32.1 Å². The number of carbonyl (C=O) groups is 1. The average Bonchev–Trinajstić information content (AvgIpc) is 2.25. The lowest BCUT2D eigenvalue weighted by atomic mass is 9.93. The van der Waals surface area contributed by atoms with Crippen molar-refractivity contribution in [2.24, 2.45) is 5.92 Å². The van der Waals surface area contributed by atoms with Crippen molar-refractivity contribution >= 4 is 27.4 Å². The molecular formula is C11H20ClNO3S. The maximum absolute atomic E-state index is 11.6. The second-order valence-corrected chi connectivity index (χ2v) is 7.02. The smallest absolute Gasteiger partial charge is 0.211 e. The second-order valence-electron chi connectivity index (χ2n) is 4.66. The molecule has 0 N–H and O–H groups in total. The maximum atomic E-state index is 11.6. The molecule has 100 valence electrons. The van der Waals surface area contributed by atoms with Crippen molar-refractivity contribution in [2.75, 3.05) is 25.2 Å². The van der Waals surface area contributed by atoms with E-state index in [0.29, 0.717) is 38.2 Å². The van der Waals surface area contributed by atoms with Gasteiger partial charge in [-0.1, -0.05) is 0 Å². The van der Waals surface area contributed by atoms with Gasteiger partial charge in [-0.25, -0.2) is 12.7 Å². The van der Waals surface area contributed by atoms with Crippen molar-refractivity contribution in [3.8, 4) is 0 Å². The fraction of sp³-hybridized carbons (Fsp3) is 0.909. The number of sulfonamides is 1. The van der Waals surface area contributed by atoms with E-state index in [-0.39, 0.29) is 11.7 Å². The summed E-state index contributed by atoms with van der Waals surface area (Å²) < 4.78 is 24.3. The molecule has 1 heterocycles. The molecule has 1 saturated heterocycles. The van der Waals surface area contributed by atoms with Gasteiger partial charge in [0.1, 0.15) is 5.78 Å². The van der Waals surface area contributed by atoms with Gasteiger partial charge in [-0.2, -0.15) is 0 Å². The molecule has 0 radical (unpaired) electrons. The van der Waals surface area contributed by atoms with Crippen LogP contribution in [0.4, 0.5) is 0 Å². The van der Waals surface area contributed by atoms with E-state index in [0.717, 1.165) is 12.8 Å². The zero-order valence-electron chi connectivity index (χ0n) is 10.2. The van der Waals surface area contributed by atoms with Crippen LogP contribution >= 0.6 is 11.6 Å². The Morgan fingerprint density at radius 2 is 2.18 bits per heavy atom. The molecule has 6 heteroatoms. The third-order valence-electron chi connectivity index (χ3n) is 3.06. The lowest BCUT2D eigenvalue weighted by Crippen LogP contribution is -2.39. The van der Waals surface area contributed by atoms with Crippen LogP contribution in [0.3, 0.4) is 0 Å². The Morgan fingerprint density at radius 1 is 1.47 bits per heavy atom. The van der Waals surface area contributed by atoms with Gasteiger partial charge in [0.15, 0.2) is 0 Å². The van der Waals surface area contributed by atoms with Gasteiger partial charge in [-0.05, 0) is 25.2 Å². The summed E-state index contributed by atoms with van der Waals surface area (Å²) in [6.45, 7) is 1.08. The summed E-state index contributed by atoms with van der Waals surface area (Å²) in [5, 5.41) is 0. The highest BCUT2D eigenvalue weighted by atomic mass is 35.5.